The van der Waals surface area contributed by atoms with Crippen LogP contribution in [0.25, 0.3) is 0 Å². The standard InChI is InChI=1S/C16H19ClN2O2S/c1-2-19(8-9-20)16(21)18-15(13-7-10-22-11-13)12-3-5-14(17)6-4-12/h3-7,10-11,15,20H,2,8-9H2,1H3,(H,18,21). The maximum atomic E-state index is 12.4. The fourth-order valence-corrected chi connectivity index (χ4v) is 3.00. The van der Waals surface area contributed by atoms with E-state index in [1.54, 1.807) is 16.2 Å². The van der Waals surface area contributed by atoms with Crippen LogP contribution < -0.4 is 5.32 Å². The monoisotopic (exact) mass is 338 g/mol. The van der Waals surface area contributed by atoms with E-state index in [-0.39, 0.29) is 18.7 Å². The van der Waals surface area contributed by atoms with Gasteiger partial charge in [-0.2, -0.15) is 11.3 Å². The molecule has 1 heterocycles. The molecule has 2 amide bonds. The lowest BCUT2D eigenvalue weighted by molar-refractivity contribution is 0.178. The zero-order chi connectivity index (χ0) is 15.9. The summed E-state index contributed by atoms with van der Waals surface area (Å²) in [6.45, 7) is 2.70. The smallest absolute Gasteiger partial charge is 0.318 e. The number of benzene rings is 1. The van der Waals surface area contributed by atoms with Gasteiger partial charge in [-0.1, -0.05) is 23.7 Å². The lowest BCUT2D eigenvalue weighted by atomic mass is 10.0. The lowest BCUT2D eigenvalue weighted by Gasteiger charge is -2.25. The number of halogens is 1. The van der Waals surface area contributed by atoms with E-state index in [4.69, 9.17) is 16.7 Å². The van der Waals surface area contributed by atoms with Gasteiger partial charge < -0.3 is 15.3 Å². The third kappa shape index (κ3) is 4.22. The third-order valence-corrected chi connectivity index (χ3v) is 4.34. The van der Waals surface area contributed by atoms with Crippen LogP contribution in [0, 0.1) is 0 Å². The predicted octanol–water partition coefficient (Wildman–Crippen LogP) is 3.51. The van der Waals surface area contributed by atoms with E-state index in [1.165, 1.54) is 0 Å². The Morgan fingerprint density at radius 3 is 2.59 bits per heavy atom. The Morgan fingerprint density at radius 1 is 1.32 bits per heavy atom. The minimum absolute atomic E-state index is 0.0503. The highest BCUT2D eigenvalue weighted by atomic mass is 35.5. The van der Waals surface area contributed by atoms with E-state index in [9.17, 15) is 4.79 Å². The maximum absolute atomic E-state index is 12.4. The molecular weight excluding hydrogens is 320 g/mol. The van der Waals surface area contributed by atoms with Crippen molar-refractivity contribution in [3.05, 3.63) is 57.2 Å². The third-order valence-electron chi connectivity index (χ3n) is 3.39. The molecule has 0 bridgehead atoms. The largest absolute Gasteiger partial charge is 0.395 e. The first-order valence-corrected chi connectivity index (χ1v) is 8.41. The Bertz CT molecular complexity index is 587. The van der Waals surface area contributed by atoms with Crippen molar-refractivity contribution < 1.29 is 9.90 Å². The molecule has 4 nitrogen and oxygen atoms in total. The Hall–Kier alpha value is -1.56. The van der Waals surface area contributed by atoms with Gasteiger partial charge in [-0.05, 0) is 47.0 Å². The molecule has 1 unspecified atom stereocenters. The molecule has 0 radical (unpaired) electrons. The van der Waals surface area contributed by atoms with Gasteiger partial charge in [-0.15, -0.1) is 0 Å². The second-order valence-corrected chi connectivity index (χ2v) is 6.01. The van der Waals surface area contributed by atoms with Crippen LogP contribution in [-0.2, 0) is 0 Å². The first-order valence-electron chi connectivity index (χ1n) is 7.09. The van der Waals surface area contributed by atoms with Crippen LogP contribution in [0.4, 0.5) is 4.79 Å². The molecule has 2 aromatic rings. The van der Waals surface area contributed by atoms with Crippen LogP contribution in [-0.4, -0.2) is 35.7 Å². The average molecular weight is 339 g/mol. The molecule has 0 spiro atoms. The molecule has 22 heavy (non-hydrogen) atoms. The number of aliphatic hydroxyl groups excluding tert-OH is 1. The molecule has 0 aliphatic rings. The Kier molecular flexibility index (Phi) is 6.24. The van der Waals surface area contributed by atoms with Crippen LogP contribution >= 0.6 is 22.9 Å². The molecule has 2 rings (SSSR count). The summed E-state index contributed by atoms with van der Waals surface area (Å²) in [4.78, 5) is 14.0. The Morgan fingerprint density at radius 2 is 2.05 bits per heavy atom. The summed E-state index contributed by atoms with van der Waals surface area (Å²) in [5.41, 5.74) is 2.00. The zero-order valence-corrected chi connectivity index (χ0v) is 13.9. The number of thiophene rings is 1. The minimum atomic E-state index is -0.233. The second-order valence-electron chi connectivity index (χ2n) is 4.79. The number of likely N-dealkylation sites (N-methyl/N-ethyl adjacent to an activating group) is 1. The van der Waals surface area contributed by atoms with Crippen molar-refractivity contribution in [2.75, 3.05) is 19.7 Å². The highest BCUT2D eigenvalue weighted by Gasteiger charge is 2.20. The van der Waals surface area contributed by atoms with E-state index >= 15 is 0 Å². The molecule has 118 valence electrons. The van der Waals surface area contributed by atoms with Gasteiger partial charge in [0.25, 0.3) is 0 Å². The number of aliphatic hydroxyl groups is 1. The number of urea groups is 1. The van der Waals surface area contributed by atoms with Crippen molar-refractivity contribution in [3.63, 3.8) is 0 Å². The molecular formula is C16H19ClN2O2S. The van der Waals surface area contributed by atoms with Gasteiger partial charge in [0.2, 0.25) is 0 Å². The summed E-state index contributed by atoms with van der Waals surface area (Å²) in [5.74, 6) is 0. The van der Waals surface area contributed by atoms with Crippen LogP contribution in [0.2, 0.25) is 5.02 Å². The van der Waals surface area contributed by atoms with Gasteiger partial charge in [-0.3, -0.25) is 0 Å². The van der Waals surface area contributed by atoms with Crippen molar-refractivity contribution in [2.24, 2.45) is 0 Å². The summed E-state index contributed by atoms with van der Waals surface area (Å²) in [7, 11) is 0. The molecule has 0 saturated carbocycles. The quantitative estimate of drug-likeness (QED) is 0.846. The van der Waals surface area contributed by atoms with Crippen LogP contribution in [0.15, 0.2) is 41.1 Å². The molecule has 0 fully saturated rings. The van der Waals surface area contributed by atoms with Gasteiger partial charge in [0.05, 0.1) is 12.6 Å². The molecule has 1 aromatic carbocycles. The molecule has 6 heteroatoms. The molecule has 0 saturated heterocycles. The summed E-state index contributed by atoms with van der Waals surface area (Å²) < 4.78 is 0. The molecule has 0 aliphatic heterocycles. The van der Waals surface area contributed by atoms with E-state index in [1.807, 2.05) is 48.0 Å². The first kappa shape index (κ1) is 16.8. The molecule has 1 atom stereocenters. The number of amides is 2. The maximum Gasteiger partial charge on any atom is 0.318 e. The van der Waals surface area contributed by atoms with Crippen molar-refractivity contribution in [1.82, 2.24) is 10.2 Å². The highest BCUT2D eigenvalue weighted by molar-refractivity contribution is 7.08. The highest BCUT2D eigenvalue weighted by Crippen LogP contribution is 2.25. The summed E-state index contributed by atoms with van der Waals surface area (Å²) in [6, 6.07) is 9.01. The fourth-order valence-electron chi connectivity index (χ4n) is 2.19. The number of rotatable bonds is 6. The van der Waals surface area contributed by atoms with E-state index in [0.29, 0.717) is 18.1 Å². The number of nitrogens with zero attached hydrogens (tertiary/aromatic N) is 1. The number of nitrogens with one attached hydrogen (secondary N) is 1. The zero-order valence-electron chi connectivity index (χ0n) is 12.3. The number of carbonyl (C=O) groups excluding carboxylic acids is 1. The molecule has 1 aromatic heterocycles. The minimum Gasteiger partial charge on any atom is -0.395 e. The SMILES string of the molecule is CCN(CCO)C(=O)NC(c1ccc(Cl)cc1)c1ccsc1. The van der Waals surface area contributed by atoms with Crippen molar-refractivity contribution in [1.29, 1.82) is 0 Å². The Labute approximate surface area is 139 Å². The fraction of sp³-hybridized carbons (Fsp3) is 0.312. The molecule has 2 N–H and O–H groups in total. The van der Waals surface area contributed by atoms with Gasteiger partial charge >= 0.3 is 6.03 Å². The molecule has 0 aliphatic carbocycles. The van der Waals surface area contributed by atoms with E-state index < -0.39 is 0 Å². The summed E-state index contributed by atoms with van der Waals surface area (Å²) in [6.07, 6.45) is 0. The van der Waals surface area contributed by atoms with Crippen LogP contribution in [0.5, 0.6) is 0 Å². The van der Waals surface area contributed by atoms with Crippen molar-refractivity contribution in [2.45, 2.75) is 13.0 Å². The van der Waals surface area contributed by atoms with Crippen LogP contribution in [0.3, 0.4) is 0 Å². The van der Waals surface area contributed by atoms with Gasteiger partial charge in [-0.25, -0.2) is 4.79 Å². The summed E-state index contributed by atoms with van der Waals surface area (Å²) >= 11 is 7.53. The predicted molar refractivity (Wildman–Crippen MR) is 90.5 cm³/mol. The van der Waals surface area contributed by atoms with Crippen molar-refractivity contribution in [3.8, 4) is 0 Å². The van der Waals surface area contributed by atoms with E-state index in [2.05, 4.69) is 5.32 Å². The number of carbonyl (C=O) groups is 1. The van der Waals surface area contributed by atoms with Gasteiger partial charge in [0.15, 0.2) is 0 Å². The second kappa shape index (κ2) is 8.17. The number of hydrogen-bond acceptors (Lipinski definition) is 3. The van der Waals surface area contributed by atoms with Crippen molar-refractivity contribution >= 4 is 29.0 Å². The number of hydrogen-bond donors (Lipinski definition) is 2. The van der Waals surface area contributed by atoms with Gasteiger partial charge in [0, 0.05) is 18.1 Å². The van der Waals surface area contributed by atoms with E-state index in [0.717, 1.165) is 11.1 Å². The topological polar surface area (TPSA) is 52.6 Å². The first-order chi connectivity index (χ1) is 10.7. The van der Waals surface area contributed by atoms with Crippen LogP contribution in [0.1, 0.15) is 24.1 Å². The summed E-state index contributed by atoms with van der Waals surface area (Å²) in [5, 5.41) is 16.7. The normalized spacial score (nSPS) is 12.0. The lowest BCUT2D eigenvalue weighted by Crippen LogP contribution is -2.43. The average Bonchev–Trinajstić information content (AvgIpc) is 3.05. The Balaban J connectivity index is 2.22. The van der Waals surface area contributed by atoms with Gasteiger partial charge in [0.1, 0.15) is 0 Å².